The summed E-state index contributed by atoms with van der Waals surface area (Å²) in [5.74, 6) is -0.635. The number of carbonyl (C=O) groups is 1. The van der Waals surface area contributed by atoms with E-state index in [0.717, 1.165) is 15.4 Å². The number of ether oxygens (including phenoxy) is 1. The molecule has 0 saturated heterocycles. The summed E-state index contributed by atoms with van der Waals surface area (Å²) in [4.78, 5) is 14.5. The maximum absolute atomic E-state index is 11.5. The van der Waals surface area contributed by atoms with Crippen LogP contribution >= 0.6 is 15.9 Å². The molecule has 0 fully saturated rings. The number of halogens is 1. The number of fused-ring (bicyclic) bond motifs is 1. The number of esters is 1. The molecule has 2 N–H and O–H groups in total. The van der Waals surface area contributed by atoms with Crippen LogP contribution in [-0.2, 0) is 9.53 Å². The third-order valence-electron chi connectivity index (χ3n) is 2.49. The van der Waals surface area contributed by atoms with Gasteiger partial charge in [-0.3, -0.25) is 0 Å². The summed E-state index contributed by atoms with van der Waals surface area (Å²) in [6, 6.07) is 5.61. The van der Waals surface area contributed by atoms with Crippen molar-refractivity contribution in [3.8, 4) is 0 Å². The van der Waals surface area contributed by atoms with E-state index in [0.29, 0.717) is 5.56 Å². The number of aliphatic hydroxyl groups is 1. The van der Waals surface area contributed by atoms with E-state index < -0.39 is 12.1 Å². The van der Waals surface area contributed by atoms with E-state index in [4.69, 9.17) is 4.74 Å². The summed E-state index contributed by atoms with van der Waals surface area (Å²) >= 11 is 3.40. The smallest absolute Gasteiger partial charge is 0.339 e. The normalized spacial score (nSPS) is 12.6. The Morgan fingerprint density at radius 1 is 1.59 bits per heavy atom. The van der Waals surface area contributed by atoms with Crippen molar-refractivity contribution in [1.29, 1.82) is 0 Å². The highest BCUT2D eigenvalue weighted by Gasteiger charge is 2.22. The molecule has 0 spiro atoms. The molecule has 0 saturated carbocycles. The summed E-state index contributed by atoms with van der Waals surface area (Å²) in [7, 11) is 0. The molecule has 1 aromatic heterocycles. The van der Waals surface area contributed by atoms with Gasteiger partial charge in [0.15, 0.2) is 6.10 Å². The van der Waals surface area contributed by atoms with Crippen LogP contribution in [0.3, 0.4) is 0 Å². The number of H-pyrrole nitrogens is 1. The summed E-state index contributed by atoms with van der Waals surface area (Å²) < 4.78 is 5.63. The molecule has 1 unspecified atom stereocenters. The number of aliphatic hydroxyl groups excluding tert-OH is 1. The zero-order valence-corrected chi connectivity index (χ0v) is 10.8. The first-order chi connectivity index (χ1) is 8.15. The Hall–Kier alpha value is -1.33. The largest absolute Gasteiger partial charge is 0.464 e. The first-order valence-corrected chi connectivity index (χ1v) is 6.04. The Morgan fingerprint density at radius 3 is 3.06 bits per heavy atom. The van der Waals surface area contributed by atoms with Gasteiger partial charge in [-0.05, 0) is 19.1 Å². The van der Waals surface area contributed by atoms with Gasteiger partial charge in [0.05, 0.1) is 6.61 Å². The first-order valence-electron chi connectivity index (χ1n) is 5.25. The Balaban J connectivity index is 2.45. The quantitative estimate of drug-likeness (QED) is 0.856. The number of rotatable bonds is 3. The van der Waals surface area contributed by atoms with Gasteiger partial charge in [-0.25, -0.2) is 4.79 Å². The number of carbonyl (C=O) groups excluding carboxylic acids is 1. The van der Waals surface area contributed by atoms with E-state index in [-0.39, 0.29) is 6.61 Å². The predicted octanol–water partition coefficient (Wildman–Crippen LogP) is 2.53. The van der Waals surface area contributed by atoms with Crippen LogP contribution in [0.5, 0.6) is 0 Å². The number of hydrogen-bond acceptors (Lipinski definition) is 3. The lowest BCUT2D eigenvalue weighted by atomic mass is 10.1. The highest BCUT2D eigenvalue weighted by atomic mass is 79.9. The molecule has 0 aliphatic carbocycles. The van der Waals surface area contributed by atoms with Crippen LogP contribution in [0.15, 0.2) is 28.9 Å². The molecule has 2 rings (SSSR count). The molecule has 1 heterocycles. The fraction of sp³-hybridized carbons (Fsp3) is 0.250. The second-order valence-corrected chi connectivity index (χ2v) is 4.42. The van der Waals surface area contributed by atoms with Gasteiger partial charge in [0.25, 0.3) is 0 Å². The predicted molar refractivity (Wildman–Crippen MR) is 67.6 cm³/mol. The third-order valence-corrected chi connectivity index (χ3v) is 3.15. The van der Waals surface area contributed by atoms with Gasteiger partial charge in [0.2, 0.25) is 0 Å². The van der Waals surface area contributed by atoms with E-state index in [9.17, 15) is 9.90 Å². The molecule has 0 bridgehead atoms. The molecule has 90 valence electrons. The maximum Gasteiger partial charge on any atom is 0.339 e. The topological polar surface area (TPSA) is 62.3 Å². The fourth-order valence-corrected chi connectivity index (χ4v) is 2.32. The standard InChI is InChI=1S/C12H12BrNO3/c1-2-17-12(16)11(15)7-6-14-9-5-3-4-8(13)10(7)9/h3-6,11,14-15H,2H2,1H3. The van der Waals surface area contributed by atoms with Crippen molar-refractivity contribution in [3.63, 3.8) is 0 Å². The van der Waals surface area contributed by atoms with Crippen molar-refractivity contribution in [2.75, 3.05) is 6.61 Å². The van der Waals surface area contributed by atoms with Crippen molar-refractivity contribution >= 4 is 32.8 Å². The van der Waals surface area contributed by atoms with Crippen LogP contribution in [0, 0.1) is 0 Å². The monoisotopic (exact) mass is 297 g/mol. The highest BCUT2D eigenvalue weighted by molar-refractivity contribution is 9.10. The van der Waals surface area contributed by atoms with Crippen LogP contribution < -0.4 is 0 Å². The van der Waals surface area contributed by atoms with Crippen molar-refractivity contribution in [2.24, 2.45) is 0 Å². The minimum Gasteiger partial charge on any atom is -0.464 e. The summed E-state index contributed by atoms with van der Waals surface area (Å²) in [5.41, 5.74) is 1.38. The Labute approximate surface area is 107 Å². The number of benzene rings is 1. The molecule has 1 aromatic carbocycles. The Morgan fingerprint density at radius 2 is 2.35 bits per heavy atom. The molecule has 0 aliphatic rings. The van der Waals surface area contributed by atoms with Crippen molar-refractivity contribution < 1.29 is 14.6 Å². The van der Waals surface area contributed by atoms with Gasteiger partial charge in [0.1, 0.15) is 0 Å². The third kappa shape index (κ3) is 2.21. The average Bonchev–Trinajstić information content (AvgIpc) is 2.73. The Bertz CT molecular complexity index is 550. The molecule has 0 amide bonds. The van der Waals surface area contributed by atoms with Crippen LogP contribution in [0.1, 0.15) is 18.6 Å². The van der Waals surface area contributed by atoms with Crippen molar-refractivity contribution in [1.82, 2.24) is 4.98 Å². The Kier molecular flexibility index (Phi) is 3.49. The molecule has 2 aromatic rings. The van der Waals surface area contributed by atoms with Crippen molar-refractivity contribution in [3.05, 3.63) is 34.4 Å². The molecule has 5 heteroatoms. The number of aromatic nitrogens is 1. The molecule has 17 heavy (non-hydrogen) atoms. The summed E-state index contributed by atoms with van der Waals surface area (Å²) in [6.07, 6.45) is 0.360. The van der Waals surface area contributed by atoms with Gasteiger partial charge in [-0.15, -0.1) is 0 Å². The van der Waals surface area contributed by atoms with Crippen molar-refractivity contribution in [2.45, 2.75) is 13.0 Å². The fourth-order valence-electron chi connectivity index (χ4n) is 1.73. The molecular weight excluding hydrogens is 286 g/mol. The lowest BCUT2D eigenvalue weighted by Crippen LogP contribution is -2.15. The van der Waals surface area contributed by atoms with Crippen LogP contribution in [0.4, 0.5) is 0 Å². The second kappa shape index (κ2) is 4.89. The van der Waals surface area contributed by atoms with E-state index in [2.05, 4.69) is 20.9 Å². The summed E-state index contributed by atoms with van der Waals surface area (Å²) in [5, 5.41) is 10.7. The summed E-state index contributed by atoms with van der Waals surface area (Å²) in [6.45, 7) is 1.95. The van der Waals surface area contributed by atoms with Gasteiger partial charge in [-0.1, -0.05) is 22.0 Å². The lowest BCUT2D eigenvalue weighted by Gasteiger charge is -2.09. The number of nitrogens with one attached hydrogen (secondary N) is 1. The number of hydrogen-bond donors (Lipinski definition) is 2. The van der Waals surface area contributed by atoms with Gasteiger partial charge >= 0.3 is 5.97 Å². The second-order valence-electron chi connectivity index (χ2n) is 3.56. The zero-order chi connectivity index (χ0) is 12.4. The average molecular weight is 298 g/mol. The van der Waals surface area contributed by atoms with E-state index in [1.165, 1.54) is 0 Å². The maximum atomic E-state index is 11.5. The zero-order valence-electron chi connectivity index (χ0n) is 9.24. The van der Waals surface area contributed by atoms with Gasteiger partial charge in [0, 0.05) is 27.1 Å². The minimum atomic E-state index is -1.26. The van der Waals surface area contributed by atoms with Crippen LogP contribution in [-0.4, -0.2) is 22.7 Å². The molecular formula is C12H12BrNO3. The SMILES string of the molecule is CCOC(=O)C(O)c1c[nH]c2cccc(Br)c12. The first kappa shape index (κ1) is 12.1. The van der Waals surface area contributed by atoms with E-state index >= 15 is 0 Å². The molecule has 4 nitrogen and oxygen atoms in total. The van der Waals surface area contributed by atoms with E-state index in [1.807, 2.05) is 18.2 Å². The minimum absolute atomic E-state index is 0.249. The van der Waals surface area contributed by atoms with Gasteiger partial charge in [-0.2, -0.15) is 0 Å². The highest BCUT2D eigenvalue weighted by Crippen LogP contribution is 2.31. The van der Waals surface area contributed by atoms with Crippen LogP contribution in [0.25, 0.3) is 10.9 Å². The molecule has 0 radical (unpaired) electrons. The lowest BCUT2D eigenvalue weighted by molar-refractivity contribution is -0.153. The van der Waals surface area contributed by atoms with E-state index in [1.54, 1.807) is 13.1 Å². The van der Waals surface area contributed by atoms with Gasteiger partial charge < -0.3 is 14.8 Å². The number of aromatic amines is 1. The van der Waals surface area contributed by atoms with Crippen LogP contribution in [0.2, 0.25) is 0 Å². The molecule has 1 atom stereocenters. The molecule has 0 aliphatic heterocycles.